The summed E-state index contributed by atoms with van der Waals surface area (Å²) < 4.78 is 15.8. The Balaban J connectivity index is 1.87. The minimum Gasteiger partial charge on any atom is -0.292 e. The van der Waals surface area contributed by atoms with Crippen molar-refractivity contribution in [2.45, 2.75) is 59.5 Å². The summed E-state index contributed by atoms with van der Waals surface area (Å²) in [6, 6.07) is 5.51. The number of aromatic nitrogens is 4. The van der Waals surface area contributed by atoms with Crippen LogP contribution in [-0.4, -0.2) is 37.7 Å². The quantitative estimate of drug-likeness (QED) is 0.841. The fraction of sp³-hybridized carbons (Fsp3) is 0.611. The standard InChI is InChI=1S/C18H26FN5/c1-5-18(3,4)16-7-6-10-23(16)12-17-20-21-22-24(17)15-11-13(2)8-9-14(15)19/h8-9,11,16H,5-7,10,12H2,1-4H3/t16-/m1/s1. The third-order valence-electron chi connectivity index (χ3n) is 5.39. The van der Waals surface area contributed by atoms with Crippen LogP contribution in [0.15, 0.2) is 18.2 Å². The van der Waals surface area contributed by atoms with Crippen LogP contribution < -0.4 is 0 Å². The number of nitrogens with zero attached hydrogens (tertiary/aromatic N) is 5. The lowest BCUT2D eigenvalue weighted by molar-refractivity contribution is 0.112. The van der Waals surface area contributed by atoms with Gasteiger partial charge in [-0.2, -0.15) is 4.68 Å². The molecule has 0 amide bonds. The first-order valence-corrected chi connectivity index (χ1v) is 8.70. The van der Waals surface area contributed by atoms with Crippen molar-refractivity contribution in [3.8, 4) is 5.69 Å². The first-order chi connectivity index (χ1) is 11.4. The second-order valence-corrected chi connectivity index (χ2v) is 7.43. The van der Waals surface area contributed by atoms with E-state index < -0.39 is 0 Å². The fourth-order valence-corrected chi connectivity index (χ4v) is 3.59. The van der Waals surface area contributed by atoms with E-state index in [0.717, 1.165) is 18.5 Å². The lowest BCUT2D eigenvalue weighted by atomic mass is 9.80. The van der Waals surface area contributed by atoms with Crippen LogP contribution in [0.2, 0.25) is 0 Å². The molecule has 0 radical (unpaired) electrons. The van der Waals surface area contributed by atoms with Gasteiger partial charge in [0.2, 0.25) is 0 Å². The molecule has 0 N–H and O–H groups in total. The molecule has 1 aliphatic rings. The van der Waals surface area contributed by atoms with Gasteiger partial charge in [-0.05, 0) is 66.3 Å². The molecule has 2 aromatic rings. The van der Waals surface area contributed by atoms with Crippen LogP contribution in [-0.2, 0) is 6.54 Å². The SMILES string of the molecule is CCC(C)(C)[C@H]1CCCN1Cc1nnnn1-c1cc(C)ccc1F. The van der Waals surface area contributed by atoms with Gasteiger partial charge >= 0.3 is 0 Å². The summed E-state index contributed by atoms with van der Waals surface area (Å²) in [6.07, 6.45) is 3.52. The maximum absolute atomic E-state index is 14.2. The van der Waals surface area contributed by atoms with Crippen molar-refractivity contribution < 1.29 is 4.39 Å². The summed E-state index contributed by atoms with van der Waals surface area (Å²) in [4.78, 5) is 2.44. The van der Waals surface area contributed by atoms with Crippen LogP contribution in [0.25, 0.3) is 5.69 Å². The van der Waals surface area contributed by atoms with Crippen LogP contribution in [0.3, 0.4) is 0 Å². The van der Waals surface area contributed by atoms with Gasteiger partial charge in [-0.1, -0.05) is 26.8 Å². The maximum atomic E-state index is 14.2. The second kappa shape index (κ2) is 6.59. The van der Waals surface area contributed by atoms with E-state index in [4.69, 9.17) is 0 Å². The Hall–Kier alpha value is -1.82. The van der Waals surface area contributed by atoms with Gasteiger partial charge in [-0.25, -0.2) is 4.39 Å². The zero-order valence-corrected chi connectivity index (χ0v) is 15.0. The molecule has 1 aromatic heterocycles. The Kier molecular flexibility index (Phi) is 4.67. The molecule has 6 heteroatoms. The Morgan fingerprint density at radius 3 is 2.88 bits per heavy atom. The third-order valence-corrected chi connectivity index (χ3v) is 5.39. The molecule has 24 heavy (non-hydrogen) atoms. The molecule has 1 atom stereocenters. The molecule has 0 aliphatic carbocycles. The highest BCUT2D eigenvalue weighted by Gasteiger charge is 2.36. The van der Waals surface area contributed by atoms with E-state index in [1.807, 2.05) is 6.92 Å². The molecule has 0 bridgehead atoms. The number of hydrogen-bond acceptors (Lipinski definition) is 4. The van der Waals surface area contributed by atoms with Crippen molar-refractivity contribution in [3.05, 3.63) is 35.4 Å². The van der Waals surface area contributed by atoms with Crippen molar-refractivity contribution in [2.24, 2.45) is 5.41 Å². The van der Waals surface area contributed by atoms with Crippen LogP contribution in [0.5, 0.6) is 0 Å². The number of hydrogen-bond donors (Lipinski definition) is 0. The van der Waals surface area contributed by atoms with E-state index in [9.17, 15) is 4.39 Å². The van der Waals surface area contributed by atoms with Gasteiger partial charge in [0.05, 0.1) is 6.54 Å². The molecule has 2 heterocycles. The summed E-state index contributed by atoms with van der Waals surface area (Å²) in [5, 5.41) is 12.0. The summed E-state index contributed by atoms with van der Waals surface area (Å²) >= 11 is 0. The van der Waals surface area contributed by atoms with E-state index >= 15 is 0 Å². The number of likely N-dealkylation sites (tertiary alicyclic amines) is 1. The van der Waals surface area contributed by atoms with Gasteiger partial charge in [0, 0.05) is 6.04 Å². The van der Waals surface area contributed by atoms with Gasteiger partial charge in [0.1, 0.15) is 11.5 Å². The lowest BCUT2D eigenvalue weighted by Gasteiger charge is -2.37. The predicted molar refractivity (Wildman–Crippen MR) is 91.4 cm³/mol. The first-order valence-electron chi connectivity index (χ1n) is 8.70. The maximum Gasteiger partial charge on any atom is 0.170 e. The number of benzene rings is 1. The molecular formula is C18H26FN5. The van der Waals surface area contributed by atoms with Crippen molar-refractivity contribution in [1.82, 2.24) is 25.1 Å². The van der Waals surface area contributed by atoms with Crippen LogP contribution >= 0.6 is 0 Å². The smallest absolute Gasteiger partial charge is 0.170 e. The highest BCUT2D eigenvalue weighted by molar-refractivity contribution is 5.36. The molecule has 0 unspecified atom stereocenters. The van der Waals surface area contributed by atoms with Crippen molar-refractivity contribution >= 4 is 0 Å². The average molecular weight is 331 g/mol. The molecule has 0 spiro atoms. The minimum atomic E-state index is -0.305. The van der Waals surface area contributed by atoms with E-state index in [0.29, 0.717) is 24.1 Å². The zero-order chi connectivity index (χ0) is 17.3. The first kappa shape index (κ1) is 17.0. The number of aryl methyl sites for hydroxylation is 1. The summed E-state index contributed by atoms with van der Waals surface area (Å²) in [7, 11) is 0. The van der Waals surface area contributed by atoms with Gasteiger partial charge in [0.25, 0.3) is 0 Å². The van der Waals surface area contributed by atoms with E-state index in [-0.39, 0.29) is 11.2 Å². The van der Waals surface area contributed by atoms with Gasteiger partial charge in [-0.15, -0.1) is 5.10 Å². The highest BCUT2D eigenvalue weighted by Crippen LogP contribution is 2.36. The second-order valence-electron chi connectivity index (χ2n) is 7.43. The Labute approximate surface area is 142 Å². The predicted octanol–water partition coefficient (Wildman–Crippen LogP) is 3.51. The molecule has 1 fully saturated rings. The Morgan fingerprint density at radius 1 is 1.33 bits per heavy atom. The third kappa shape index (κ3) is 3.20. The average Bonchev–Trinajstić information content (AvgIpc) is 3.20. The highest BCUT2D eigenvalue weighted by atomic mass is 19.1. The van der Waals surface area contributed by atoms with E-state index in [2.05, 4.69) is 41.2 Å². The number of tetrazole rings is 1. The molecule has 130 valence electrons. The summed E-state index contributed by atoms with van der Waals surface area (Å²) in [5.41, 5.74) is 1.66. The largest absolute Gasteiger partial charge is 0.292 e. The van der Waals surface area contributed by atoms with Gasteiger partial charge in [0.15, 0.2) is 5.82 Å². The van der Waals surface area contributed by atoms with Crippen molar-refractivity contribution in [3.63, 3.8) is 0 Å². The minimum absolute atomic E-state index is 0.253. The number of halogens is 1. The lowest BCUT2D eigenvalue weighted by Crippen LogP contribution is -2.40. The summed E-state index contributed by atoms with van der Waals surface area (Å²) in [5.74, 6) is 0.388. The van der Waals surface area contributed by atoms with Crippen LogP contribution in [0.1, 0.15) is 51.4 Å². The molecule has 5 nitrogen and oxygen atoms in total. The summed E-state index contributed by atoms with van der Waals surface area (Å²) in [6.45, 7) is 10.5. The molecule has 1 saturated heterocycles. The van der Waals surface area contributed by atoms with Crippen LogP contribution in [0, 0.1) is 18.2 Å². The number of rotatable bonds is 5. The topological polar surface area (TPSA) is 46.8 Å². The van der Waals surface area contributed by atoms with E-state index in [1.165, 1.54) is 23.6 Å². The molecule has 1 aromatic carbocycles. The molecule has 3 rings (SSSR count). The Bertz CT molecular complexity index is 709. The van der Waals surface area contributed by atoms with Gasteiger partial charge in [-0.3, -0.25) is 4.90 Å². The van der Waals surface area contributed by atoms with Gasteiger partial charge < -0.3 is 0 Å². The van der Waals surface area contributed by atoms with E-state index in [1.54, 1.807) is 12.1 Å². The van der Waals surface area contributed by atoms with Crippen molar-refractivity contribution in [2.75, 3.05) is 6.54 Å². The molecular weight excluding hydrogens is 305 g/mol. The monoisotopic (exact) mass is 331 g/mol. The molecule has 0 saturated carbocycles. The normalized spacial score (nSPS) is 19.1. The van der Waals surface area contributed by atoms with Crippen LogP contribution in [0.4, 0.5) is 4.39 Å². The molecule has 1 aliphatic heterocycles. The fourth-order valence-electron chi connectivity index (χ4n) is 3.59. The zero-order valence-electron chi connectivity index (χ0n) is 15.0. The van der Waals surface area contributed by atoms with Crippen molar-refractivity contribution in [1.29, 1.82) is 0 Å². The Morgan fingerprint density at radius 2 is 2.12 bits per heavy atom.